The van der Waals surface area contributed by atoms with Gasteiger partial charge in [0.2, 0.25) is 11.8 Å². The number of halogens is 2. The molecule has 1 unspecified atom stereocenters. The van der Waals surface area contributed by atoms with Crippen molar-refractivity contribution < 1.29 is 18.2 Å². The van der Waals surface area contributed by atoms with Crippen LogP contribution in [0.1, 0.15) is 32.3 Å². The van der Waals surface area contributed by atoms with E-state index in [1.807, 2.05) is 19.9 Å². The van der Waals surface area contributed by atoms with Crippen molar-refractivity contribution in [1.82, 2.24) is 24.1 Å². The molecule has 2 aromatic heterocycles. The van der Waals surface area contributed by atoms with Crippen molar-refractivity contribution in [3.05, 3.63) is 72.4 Å². The van der Waals surface area contributed by atoms with Gasteiger partial charge in [-0.15, -0.1) is 11.6 Å². The van der Waals surface area contributed by atoms with Crippen molar-refractivity contribution in [1.29, 1.82) is 0 Å². The Morgan fingerprint density at radius 1 is 1.23 bits per heavy atom. The van der Waals surface area contributed by atoms with Crippen LogP contribution in [0.2, 0.25) is 0 Å². The highest BCUT2D eigenvalue weighted by Crippen LogP contribution is 2.30. The maximum Gasteiger partial charge on any atom is 0.237 e. The highest BCUT2D eigenvalue weighted by molar-refractivity contribution is 8.00. The minimum Gasteiger partial charge on any atom is -0.342 e. The van der Waals surface area contributed by atoms with Crippen LogP contribution in [0.15, 0.2) is 66.0 Å². The number of rotatable bonds is 9. The smallest absolute Gasteiger partial charge is 0.237 e. The molecule has 40 heavy (non-hydrogen) atoms. The predicted octanol–water partition coefficient (Wildman–Crippen LogP) is 3.99. The first-order valence-corrected chi connectivity index (χ1v) is 15.4. The van der Waals surface area contributed by atoms with E-state index in [1.165, 1.54) is 22.7 Å². The van der Waals surface area contributed by atoms with Gasteiger partial charge in [-0.05, 0) is 69.6 Å². The van der Waals surface area contributed by atoms with Gasteiger partial charge in [-0.1, -0.05) is 12.1 Å². The first-order chi connectivity index (χ1) is 19.2. The van der Waals surface area contributed by atoms with E-state index in [0.29, 0.717) is 48.6 Å². The Hall–Kier alpha value is -3.21. The minimum absolute atomic E-state index is 0.0889. The number of nitrogens with one attached hydrogen (secondary N) is 1. The average molecular weight is 588 g/mol. The molecule has 3 aromatic rings. The number of pyridine rings is 1. The number of piperidine rings is 1. The van der Waals surface area contributed by atoms with E-state index in [1.54, 1.807) is 58.6 Å². The number of aromatic nitrogens is 2. The summed E-state index contributed by atoms with van der Waals surface area (Å²) in [5.41, 5.74) is 3.02. The Balaban J connectivity index is 1.85. The third-order valence-corrected chi connectivity index (χ3v) is 9.56. The number of likely N-dealkylation sites (tertiary alicyclic amines) is 1. The first-order valence-electron chi connectivity index (χ1n) is 13.3. The van der Waals surface area contributed by atoms with E-state index in [0.717, 1.165) is 5.56 Å². The third kappa shape index (κ3) is 6.24. The minimum atomic E-state index is -3.34. The number of carbonyl (C=O) groups excluding carboxylic acids is 2. The summed E-state index contributed by atoms with van der Waals surface area (Å²) in [5.74, 6) is -1.19. The molecule has 0 radical (unpaired) electrons. The van der Waals surface area contributed by atoms with Crippen LogP contribution in [0.25, 0.3) is 11.3 Å². The van der Waals surface area contributed by atoms with E-state index in [2.05, 4.69) is 10.3 Å². The lowest BCUT2D eigenvalue weighted by molar-refractivity contribution is -0.137. The van der Waals surface area contributed by atoms with Crippen LogP contribution in [0.5, 0.6) is 0 Å². The van der Waals surface area contributed by atoms with Gasteiger partial charge in [-0.25, -0.2) is 8.60 Å². The fraction of sp³-hybridized carbons (Fsp3) is 0.379. The summed E-state index contributed by atoms with van der Waals surface area (Å²) >= 11 is 5.72. The quantitative estimate of drug-likeness (QED) is 0.302. The van der Waals surface area contributed by atoms with Crippen molar-refractivity contribution in [2.24, 2.45) is 5.92 Å². The normalized spacial score (nSPS) is 15.6. The molecule has 0 aliphatic carbocycles. The second-order valence-electron chi connectivity index (χ2n) is 10.1. The Kier molecular flexibility index (Phi) is 9.65. The number of carbonyl (C=O) groups is 2. The van der Waals surface area contributed by atoms with E-state index in [9.17, 15) is 9.59 Å². The molecule has 1 aliphatic rings. The maximum atomic E-state index is 15.3. The van der Waals surface area contributed by atoms with Crippen molar-refractivity contribution >= 4 is 38.6 Å². The number of hydrogen-bond acceptors (Lipinski definition) is 5. The topological polar surface area (TPSA) is 87.5 Å². The molecular weight excluding hydrogens is 553 g/mol. The van der Waals surface area contributed by atoms with Crippen molar-refractivity contribution in [3.63, 3.8) is 0 Å². The highest BCUT2D eigenvalue weighted by atomic mass is 35.5. The molecular formula is C29H35ClFN5O3S. The van der Waals surface area contributed by atoms with Crippen LogP contribution >= 0.6 is 11.6 Å². The van der Waals surface area contributed by atoms with Gasteiger partial charge in [0.15, 0.2) is 0 Å². The molecule has 4 rings (SSSR count). The van der Waals surface area contributed by atoms with Crippen molar-refractivity contribution in [2.45, 2.75) is 44.2 Å². The Labute approximate surface area is 240 Å². The summed E-state index contributed by atoms with van der Waals surface area (Å²) in [7, 11) is -1.54. The molecule has 3 heterocycles. The Morgan fingerprint density at radius 2 is 1.95 bits per heavy atom. The van der Waals surface area contributed by atoms with Gasteiger partial charge >= 0.3 is 0 Å². The summed E-state index contributed by atoms with van der Waals surface area (Å²) in [4.78, 5) is 33.7. The number of nitrogens with zero attached hydrogens (tertiary/aromatic N) is 4. The van der Waals surface area contributed by atoms with Crippen molar-refractivity contribution in [3.8, 4) is 11.3 Å². The molecule has 11 heteroatoms. The van der Waals surface area contributed by atoms with Crippen LogP contribution in [-0.4, -0.2) is 72.3 Å². The summed E-state index contributed by atoms with van der Waals surface area (Å²) in [6, 6.07) is 11.2. The zero-order valence-corrected chi connectivity index (χ0v) is 24.5. The van der Waals surface area contributed by atoms with Crippen LogP contribution in [-0.2, 0) is 25.8 Å². The van der Waals surface area contributed by atoms with Gasteiger partial charge in [0.05, 0.1) is 16.1 Å². The fourth-order valence-electron chi connectivity index (χ4n) is 4.89. The molecule has 0 spiro atoms. The van der Waals surface area contributed by atoms with Gasteiger partial charge in [0, 0.05) is 55.7 Å². The molecule has 1 aliphatic heterocycles. The molecule has 1 fully saturated rings. The zero-order valence-electron chi connectivity index (χ0n) is 22.9. The molecule has 8 nitrogen and oxygen atoms in total. The monoisotopic (exact) mass is 587 g/mol. The van der Waals surface area contributed by atoms with Gasteiger partial charge < -0.3 is 15.1 Å². The van der Waals surface area contributed by atoms with Gasteiger partial charge in [0.1, 0.15) is 21.4 Å². The molecule has 2 amide bonds. The van der Waals surface area contributed by atoms with Gasteiger partial charge in [-0.2, -0.15) is 0 Å². The Bertz CT molecular complexity index is 1460. The highest BCUT2D eigenvalue weighted by Gasteiger charge is 2.32. The predicted molar refractivity (Wildman–Crippen MR) is 157 cm³/mol. The maximum absolute atomic E-state index is 15.3. The molecule has 1 N–H and O–H groups in total. The lowest BCUT2D eigenvalue weighted by Gasteiger charge is -2.34. The number of hydrogen-bond donors (Lipinski definition) is 1. The molecule has 1 aromatic carbocycles. The standard InChI is InChI=1S/C29H35ClFN5O3S/c1-21(2)35(29(38)23-10-13-34(14-11-23)28(37)16-30)20-40(39,24-7-6-12-33-18-24)36-19-22(17-32-3)15-27(36)25-8-4-5-9-26(25)31/h4-9,12,15,18-21,23,32H,10-11,13-14,16-17H2,1-3H3. The summed E-state index contributed by atoms with van der Waals surface area (Å²) in [6.45, 7) is 5.08. The van der Waals surface area contributed by atoms with Crippen LogP contribution in [0.3, 0.4) is 0 Å². The van der Waals surface area contributed by atoms with E-state index >= 15 is 8.60 Å². The summed E-state index contributed by atoms with van der Waals surface area (Å²) in [6.07, 6.45) is 5.82. The van der Waals surface area contributed by atoms with Gasteiger partial charge in [0.25, 0.3) is 0 Å². The van der Waals surface area contributed by atoms with E-state index < -0.39 is 15.5 Å². The molecule has 0 saturated carbocycles. The zero-order chi connectivity index (χ0) is 28.9. The number of amides is 2. The third-order valence-electron chi connectivity index (χ3n) is 7.02. The van der Waals surface area contributed by atoms with Crippen LogP contribution in [0, 0.1) is 11.7 Å². The second kappa shape index (κ2) is 13.0. The summed E-state index contributed by atoms with van der Waals surface area (Å²) < 4.78 is 31.9. The van der Waals surface area contributed by atoms with Crippen LogP contribution in [0.4, 0.5) is 4.39 Å². The molecule has 214 valence electrons. The second-order valence-corrected chi connectivity index (χ2v) is 12.5. The average Bonchev–Trinajstić information content (AvgIpc) is 3.40. The lowest BCUT2D eigenvalue weighted by Crippen LogP contribution is -2.47. The summed E-state index contributed by atoms with van der Waals surface area (Å²) in [5, 5.41) is 3.09. The lowest BCUT2D eigenvalue weighted by atomic mass is 9.95. The first kappa shape index (κ1) is 29.8. The molecule has 0 bridgehead atoms. The fourth-order valence-corrected chi connectivity index (χ4v) is 7.38. The van der Waals surface area contributed by atoms with Crippen molar-refractivity contribution in [2.75, 3.05) is 26.0 Å². The largest absolute Gasteiger partial charge is 0.342 e. The van der Waals surface area contributed by atoms with Gasteiger partial charge in [-0.3, -0.25) is 18.5 Å². The van der Waals surface area contributed by atoms with E-state index in [-0.39, 0.29) is 29.7 Å². The van der Waals surface area contributed by atoms with E-state index in [4.69, 9.17) is 11.6 Å². The number of alkyl halides is 1. The molecule has 1 saturated heterocycles. The Morgan fingerprint density at radius 3 is 2.55 bits per heavy atom. The SMILES string of the molecule is CNCc1cc(-c2ccccc2F)n(S(=O)(=CN(C(=O)C2CCN(C(=O)CCl)CC2)C(C)C)c2cccnc2)c1. The molecule has 1 atom stereocenters. The van der Waals surface area contributed by atoms with Crippen LogP contribution < -0.4 is 5.32 Å². The number of benzene rings is 1.